The van der Waals surface area contributed by atoms with Gasteiger partial charge in [-0.05, 0) is 49.2 Å². The van der Waals surface area contributed by atoms with Gasteiger partial charge in [0.2, 0.25) is 0 Å². The molecular weight excluding hydrogens is 402 g/mol. The Labute approximate surface area is 178 Å². The van der Waals surface area contributed by atoms with Crippen molar-refractivity contribution in [3.8, 4) is 5.75 Å². The van der Waals surface area contributed by atoms with Crippen LogP contribution in [0.2, 0.25) is 0 Å². The molecule has 7 nitrogen and oxygen atoms in total. The molecule has 1 unspecified atom stereocenters. The van der Waals surface area contributed by atoms with Gasteiger partial charge < -0.3 is 24.7 Å². The highest BCUT2D eigenvalue weighted by Gasteiger charge is 2.23. The predicted molar refractivity (Wildman–Crippen MR) is 117 cm³/mol. The lowest BCUT2D eigenvalue weighted by molar-refractivity contribution is 0.0936. The van der Waals surface area contributed by atoms with Crippen molar-refractivity contribution in [1.82, 2.24) is 5.32 Å². The van der Waals surface area contributed by atoms with Gasteiger partial charge in [-0.2, -0.15) is 0 Å². The molecule has 4 rings (SSSR count). The van der Waals surface area contributed by atoms with E-state index in [0.717, 1.165) is 37.4 Å². The number of furan rings is 1. The van der Waals surface area contributed by atoms with E-state index in [2.05, 4.69) is 21.6 Å². The molecule has 1 fully saturated rings. The third kappa shape index (κ3) is 4.65. The Morgan fingerprint density at radius 1 is 1.17 bits per heavy atom. The summed E-state index contributed by atoms with van der Waals surface area (Å²) in [7, 11) is 1.66. The zero-order valence-electron chi connectivity index (χ0n) is 16.6. The molecule has 0 spiro atoms. The monoisotopic (exact) mass is 425 g/mol. The van der Waals surface area contributed by atoms with Crippen molar-refractivity contribution < 1.29 is 18.7 Å². The molecule has 1 aliphatic heterocycles. The number of methoxy groups -OCH3 is 1. The molecular formula is C22H23N3O4S. The van der Waals surface area contributed by atoms with Crippen molar-refractivity contribution in [1.29, 1.82) is 0 Å². The molecule has 2 aromatic heterocycles. The maximum atomic E-state index is 12.7. The van der Waals surface area contributed by atoms with Crippen molar-refractivity contribution in [2.75, 3.05) is 30.4 Å². The van der Waals surface area contributed by atoms with Gasteiger partial charge in [-0.15, -0.1) is 11.3 Å². The fraction of sp³-hybridized carbons (Fsp3) is 0.273. The van der Waals surface area contributed by atoms with Crippen molar-refractivity contribution >= 4 is 33.8 Å². The van der Waals surface area contributed by atoms with Crippen LogP contribution in [0.15, 0.2) is 59.2 Å². The van der Waals surface area contributed by atoms with E-state index in [9.17, 15) is 9.59 Å². The average Bonchev–Trinajstić information content (AvgIpc) is 3.46. The molecule has 0 bridgehead atoms. The number of benzene rings is 1. The number of carbonyl (C=O) groups is 2. The number of nitrogens with one attached hydrogen (secondary N) is 2. The lowest BCUT2D eigenvalue weighted by Crippen LogP contribution is -2.47. The molecule has 0 aliphatic carbocycles. The topological polar surface area (TPSA) is 83.8 Å². The highest BCUT2D eigenvalue weighted by Crippen LogP contribution is 2.26. The highest BCUT2D eigenvalue weighted by molar-refractivity contribution is 7.18. The molecule has 2 amide bonds. The number of carbonyl (C=O) groups excluding carboxylic acids is 2. The maximum Gasteiger partial charge on any atom is 0.291 e. The van der Waals surface area contributed by atoms with Crippen LogP contribution in [0, 0.1) is 0 Å². The Morgan fingerprint density at radius 3 is 2.87 bits per heavy atom. The summed E-state index contributed by atoms with van der Waals surface area (Å²) in [6.07, 6.45) is 3.37. The Bertz CT molecular complexity index is 1020. The maximum absolute atomic E-state index is 12.7. The van der Waals surface area contributed by atoms with E-state index in [1.807, 2.05) is 18.2 Å². The molecule has 2 N–H and O–H groups in total. The van der Waals surface area contributed by atoms with Gasteiger partial charge in [-0.3, -0.25) is 9.59 Å². The first-order valence-electron chi connectivity index (χ1n) is 9.77. The second-order valence-electron chi connectivity index (χ2n) is 7.06. The quantitative estimate of drug-likeness (QED) is 0.624. The number of rotatable bonds is 6. The molecule has 3 aromatic rings. The summed E-state index contributed by atoms with van der Waals surface area (Å²) in [6.45, 7) is 1.69. The second kappa shape index (κ2) is 9.04. The number of thiophene rings is 1. The average molecular weight is 426 g/mol. The minimum atomic E-state index is -0.338. The van der Waals surface area contributed by atoms with Crippen LogP contribution < -0.4 is 20.3 Å². The smallest absolute Gasteiger partial charge is 0.291 e. The molecule has 1 atom stereocenters. The van der Waals surface area contributed by atoms with Crippen LogP contribution in [0.5, 0.6) is 5.75 Å². The van der Waals surface area contributed by atoms with Crippen LogP contribution in [0.3, 0.4) is 0 Å². The van der Waals surface area contributed by atoms with Gasteiger partial charge >= 0.3 is 0 Å². The lowest BCUT2D eigenvalue weighted by atomic mass is 10.0. The minimum absolute atomic E-state index is 0.0562. The van der Waals surface area contributed by atoms with Crippen LogP contribution in [-0.2, 0) is 0 Å². The number of amides is 2. The number of piperidine rings is 1. The summed E-state index contributed by atoms with van der Waals surface area (Å²) in [4.78, 5) is 27.6. The summed E-state index contributed by atoms with van der Waals surface area (Å²) in [5.74, 6) is 0.585. The molecule has 1 aromatic carbocycles. The first kappa shape index (κ1) is 20.0. The number of nitrogens with zero attached hydrogens (tertiary/aromatic N) is 1. The molecule has 30 heavy (non-hydrogen) atoms. The van der Waals surface area contributed by atoms with Gasteiger partial charge in [0.1, 0.15) is 5.75 Å². The Balaban J connectivity index is 1.35. The van der Waals surface area contributed by atoms with Crippen LogP contribution in [0.1, 0.15) is 33.1 Å². The SMILES string of the molecule is COc1cccc(N2CCCC(NC(=O)c3ccc(NC(=O)c4ccco4)s3)C2)c1. The van der Waals surface area contributed by atoms with Gasteiger partial charge in [0.15, 0.2) is 5.76 Å². The minimum Gasteiger partial charge on any atom is -0.497 e. The van der Waals surface area contributed by atoms with E-state index < -0.39 is 0 Å². The Morgan fingerprint density at radius 2 is 2.07 bits per heavy atom. The summed E-state index contributed by atoms with van der Waals surface area (Å²) >= 11 is 1.24. The third-order valence-corrected chi connectivity index (χ3v) is 5.99. The van der Waals surface area contributed by atoms with E-state index in [0.29, 0.717) is 9.88 Å². The number of ether oxygens (including phenoxy) is 1. The molecule has 156 valence electrons. The molecule has 3 heterocycles. The van der Waals surface area contributed by atoms with Crippen LogP contribution in [0.4, 0.5) is 10.7 Å². The molecule has 1 saturated heterocycles. The van der Waals surface area contributed by atoms with E-state index in [-0.39, 0.29) is 23.6 Å². The summed E-state index contributed by atoms with van der Waals surface area (Å²) in [6, 6.07) is 14.7. The van der Waals surface area contributed by atoms with Gasteiger partial charge in [0, 0.05) is 30.9 Å². The summed E-state index contributed by atoms with van der Waals surface area (Å²) in [5.41, 5.74) is 1.09. The van der Waals surface area contributed by atoms with E-state index >= 15 is 0 Å². The van der Waals surface area contributed by atoms with Crippen molar-refractivity contribution in [3.05, 3.63) is 65.4 Å². The first-order chi connectivity index (χ1) is 14.6. The number of hydrogen-bond acceptors (Lipinski definition) is 6. The summed E-state index contributed by atoms with van der Waals surface area (Å²) in [5, 5.41) is 6.47. The Hall–Kier alpha value is -3.26. The standard InChI is InChI=1S/C22H23N3O4S/c1-28-17-7-2-6-16(13-17)25-11-3-5-15(14-25)23-22(27)19-9-10-20(30-19)24-21(26)18-8-4-12-29-18/h2,4,6-10,12-13,15H,3,5,11,14H2,1H3,(H,23,27)(H,24,26). The van der Waals surface area contributed by atoms with Gasteiger partial charge in [0.05, 0.1) is 23.3 Å². The predicted octanol–water partition coefficient (Wildman–Crippen LogP) is 4.00. The lowest BCUT2D eigenvalue weighted by Gasteiger charge is -2.34. The molecule has 0 saturated carbocycles. The number of anilines is 2. The van der Waals surface area contributed by atoms with E-state index in [4.69, 9.17) is 9.15 Å². The van der Waals surface area contributed by atoms with Gasteiger partial charge in [0.25, 0.3) is 11.8 Å². The largest absolute Gasteiger partial charge is 0.497 e. The Kier molecular flexibility index (Phi) is 6.04. The van der Waals surface area contributed by atoms with Gasteiger partial charge in [-0.1, -0.05) is 6.07 Å². The first-order valence-corrected chi connectivity index (χ1v) is 10.6. The zero-order valence-corrected chi connectivity index (χ0v) is 17.4. The fourth-order valence-corrected chi connectivity index (χ4v) is 4.31. The van der Waals surface area contributed by atoms with Gasteiger partial charge in [-0.25, -0.2) is 0 Å². The summed E-state index contributed by atoms with van der Waals surface area (Å²) < 4.78 is 10.4. The second-order valence-corrected chi connectivity index (χ2v) is 8.14. The molecule has 8 heteroatoms. The van der Waals surface area contributed by atoms with Crippen LogP contribution in [-0.4, -0.2) is 38.1 Å². The molecule has 1 aliphatic rings. The third-order valence-electron chi connectivity index (χ3n) is 4.99. The van der Waals surface area contributed by atoms with Crippen molar-refractivity contribution in [2.45, 2.75) is 18.9 Å². The van der Waals surface area contributed by atoms with Crippen LogP contribution >= 0.6 is 11.3 Å². The zero-order chi connectivity index (χ0) is 20.9. The van der Waals surface area contributed by atoms with Crippen LogP contribution in [0.25, 0.3) is 0 Å². The van der Waals surface area contributed by atoms with Crippen molar-refractivity contribution in [2.24, 2.45) is 0 Å². The normalized spacial score (nSPS) is 16.2. The van der Waals surface area contributed by atoms with E-state index in [1.54, 1.807) is 31.4 Å². The van der Waals surface area contributed by atoms with Crippen molar-refractivity contribution in [3.63, 3.8) is 0 Å². The highest BCUT2D eigenvalue weighted by atomic mass is 32.1. The molecule has 0 radical (unpaired) electrons. The fourth-order valence-electron chi connectivity index (χ4n) is 3.50. The number of hydrogen-bond donors (Lipinski definition) is 2. The van der Waals surface area contributed by atoms with E-state index in [1.165, 1.54) is 17.6 Å².